The number of ether oxygens (including phenoxy) is 2. The first-order valence-corrected chi connectivity index (χ1v) is 6.87. The van der Waals surface area contributed by atoms with Crippen molar-refractivity contribution in [3.8, 4) is 0 Å². The highest BCUT2D eigenvalue weighted by Crippen LogP contribution is 2.28. The Labute approximate surface area is 108 Å². The first-order valence-electron chi connectivity index (χ1n) is 6.87. The topological polar surface area (TPSA) is 30.5 Å². The number of aryl methyl sites for hydroxylation is 2. The van der Waals surface area contributed by atoms with Crippen LogP contribution < -0.4 is 5.32 Å². The number of hydrogen-bond donors (Lipinski definition) is 1. The van der Waals surface area contributed by atoms with Crippen molar-refractivity contribution in [2.75, 3.05) is 26.9 Å². The van der Waals surface area contributed by atoms with Gasteiger partial charge in [-0.05, 0) is 43.0 Å². The van der Waals surface area contributed by atoms with Crippen molar-refractivity contribution >= 4 is 0 Å². The molecule has 1 N–H and O–H groups in total. The fourth-order valence-electron chi connectivity index (χ4n) is 3.05. The molecule has 2 atom stereocenters. The zero-order valence-electron chi connectivity index (χ0n) is 10.9. The molecule has 1 fully saturated rings. The zero-order valence-corrected chi connectivity index (χ0v) is 10.9. The second-order valence-corrected chi connectivity index (χ2v) is 5.13. The molecule has 18 heavy (non-hydrogen) atoms. The third-order valence-corrected chi connectivity index (χ3v) is 4.01. The van der Waals surface area contributed by atoms with Crippen LogP contribution in [0.3, 0.4) is 0 Å². The maximum absolute atomic E-state index is 5.82. The molecule has 3 heteroatoms. The summed E-state index contributed by atoms with van der Waals surface area (Å²) >= 11 is 0. The average molecular weight is 247 g/mol. The summed E-state index contributed by atoms with van der Waals surface area (Å²) in [4.78, 5) is 0. The Hall–Kier alpha value is -0.900. The molecule has 0 amide bonds. The quantitative estimate of drug-likeness (QED) is 0.884. The Kier molecular flexibility index (Phi) is 3.64. The Morgan fingerprint density at radius 2 is 2.11 bits per heavy atom. The lowest BCUT2D eigenvalue weighted by Crippen LogP contribution is -2.39. The van der Waals surface area contributed by atoms with Crippen LogP contribution >= 0.6 is 0 Å². The number of rotatable bonds is 3. The van der Waals surface area contributed by atoms with Gasteiger partial charge in [-0.2, -0.15) is 0 Å². The summed E-state index contributed by atoms with van der Waals surface area (Å²) in [6.45, 7) is 2.10. The van der Waals surface area contributed by atoms with E-state index in [4.69, 9.17) is 9.47 Å². The monoisotopic (exact) mass is 247 g/mol. The van der Waals surface area contributed by atoms with Crippen LogP contribution in [0, 0.1) is 0 Å². The van der Waals surface area contributed by atoms with Gasteiger partial charge in [0.25, 0.3) is 0 Å². The SMILES string of the molecule is CNC(c1ccc2c(c1)CCC2)C1COCCO1. The van der Waals surface area contributed by atoms with Crippen molar-refractivity contribution in [3.05, 3.63) is 34.9 Å². The number of fused-ring (bicyclic) bond motifs is 1. The molecule has 0 bridgehead atoms. The molecule has 98 valence electrons. The molecule has 1 saturated heterocycles. The molecule has 1 heterocycles. The van der Waals surface area contributed by atoms with Crippen molar-refractivity contribution in [2.45, 2.75) is 31.4 Å². The van der Waals surface area contributed by atoms with Gasteiger partial charge >= 0.3 is 0 Å². The molecule has 3 nitrogen and oxygen atoms in total. The summed E-state index contributed by atoms with van der Waals surface area (Å²) in [5, 5.41) is 3.37. The maximum atomic E-state index is 5.82. The lowest BCUT2D eigenvalue weighted by Gasteiger charge is -2.30. The van der Waals surface area contributed by atoms with E-state index >= 15 is 0 Å². The minimum absolute atomic E-state index is 0.128. The molecule has 0 radical (unpaired) electrons. The molecule has 1 aliphatic carbocycles. The van der Waals surface area contributed by atoms with Crippen LogP contribution in [0.2, 0.25) is 0 Å². The predicted molar refractivity (Wildman–Crippen MR) is 70.8 cm³/mol. The summed E-state index contributed by atoms with van der Waals surface area (Å²) in [6.07, 6.45) is 3.89. The molecular weight excluding hydrogens is 226 g/mol. The molecule has 0 saturated carbocycles. The molecule has 2 aliphatic rings. The summed E-state index contributed by atoms with van der Waals surface area (Å²) in [5.41, 5.74) is 4.37. The first-order chi connectivity index (χ1) is 8.88. The van der Waals surface area contributed by atoms with Gasteiger partial charge in [-0.15, -0.1) is 0 Å². The van der Waals surface area contributed by atoms with Gasteiger partial charge in [0.2, 0.25) is 0 Å². The van der Waals surface area contributed by atoms with E-state index < -0.39 is 0 Å². The zero-order chi connectivity index (χ0) is 12.4. The predicted octanol–water partition coefficient (Wildman–Crippen LogP) is 1.85. The van der Waals surface area contributed by atoms with Crippen LogP contribution in [0.25, 0.3) is 0 Å². The number of benzene rings is 1. The third kappa shape index (κ3) is 2.30. The molecular formula is C15H21NO2. The number of nitrogens with one attached hydrogen (secondary N) is 1. The van der Waals surface area contributed by atoms with E-state index in [1.807, 2.05) is 7.05 Å². The van der Waals surface area contributed by atoms with Crippen molar-refractivity contribution in [3.63, 3.8) is 0 Å². The number of hydrogen-bond acceptors (Lipinski definition) is 3. The van der Waals surface area contributed by atoms with Gasteiger partial charge in [-0.25, -0.2) is 0 Å². The van der Waals surface area contributed by atoms with Crippen molar-refractivity contribution in [1.82, 2.24) is 5.32 Å². The van der Waals surface area contributed by atoms with Gasteiger partial charge in [0.15, 0.2) is 0 Å². The second-order valence-electron chi connectivity index (χ2n) is 5.13. The average Bonchev–Trinajstić information content (AvgIpc) is 2.88. The van der Waals surface area contributed by atoms with Crippen molar-refractivity contribution in [1.29, 1.82) is 0 Å². The molecule has 1 aromatic rings. The standard InChI is InChI=1S/C15H21NO2/c1-16-15(14-10-17-7-8-18-14)13-6-5-11-3-2-4-12(11)9-13/h5-6,9,14-16H,2-4,7-8,10H2,1H3. The largest absolute Gasteiger partial charge is 0.376 e. The van der Waals surface area contributed by atoms with Crippen LogP contribution in [-0.4, -0.2) is 33.0 Å². The van der Waals surface area contributed by atoms with E-state index in [-0.39, 0.29) is 12.1 Å². The molecule has 3 rings (SSSR count). The fraction of sp³-hybridized carbons (Fsp3) is 0.600. The van der Waals surface area contributed by atoms with Crippen LogP contribution in [0.5, 0.6) is 0 Å². The molecule has 0 aromatic heterocycles. The minimum Gasteiger partial charge on any atom is -0.376 e. The van der Waals surface area contributed by atoms with Gasteiger partial charge in [0.05, 0.1) is 25.9 Å². The van der Waals surface area contributed by atoms with Crippen molar-refractivity contribution < 1.29 is 9.47 Å². The first kappa shape index (κ1) is 12.2. The lowest BCUT2D eigenvalue weighted by molar-refractivity contribution is -0.101. The van der Waals surface area contributed by atoms with Gasteiger partial charge in [0.1, 0.15) is 6.10 Å². The maximum Gasteiger partial charge on any atom is 0.100 e. The van der Waals surface area contributed by atoms with E-state index in [0.717, 1.165) is 6.61 Å². The second kappa shape index (κ2) is 5.39. The van der Waals surface area contributed by atoms with E-state index in [1.165, 1.54) is 36.0 Å². The fourth-order valence-corrected chi connectivity index (χ4v) is 3.05. The van der Waals surface area contributed by atoms with Crippen LogP contribution in [-0.2, 0) is 22.3 Å². The molecule has 2 unspecified atom stereocenters. The van der Waals surface area contributed by atoms with E-state index in [1.54, 1.807) is 0 Å². The Morgan fingerprint density at radius 1 is 1.22 bits per heavy atom. The normalized spacial score (nSPS) is 24.8. The molecule has 0 spiro atoms. The highest BCUT2D eigenvalue weighted by molar-refractivity contribution is 5.37. The van der Waals surface area contributed by atoms with Gasteiger partial charge < -0.3 is 14.8 Å². The minimum atomic E-state index is 0.128. The van der Waals surface area contributed by atoms with E-state index in [0.29, 0.717) is 13.2 Å². The Bertz CT molecular complexity index is 413. The Balaban J connectivity index is 1.82. The number of likely N-dealkylation sites (N-methyl/N-ethyl adjacent to an activating group) is 1. The van der Waals surface area contributed by atoms with E-state index in [2.05, 4.69) is 23.5 Å². The van der Waals surface area contributed by atoms with Crippen LogP contribution in [0.1, 0.15) is 29.2 Å². The molecule has 1 aromatic carbocycles. The van der Waals surface area contributed by atoms with Gasteiger partial charge in [0, 0.05) is 0 Å². The highest BCUT2D eigenvalue weighted by Gasteiger charge is 2.26. The summed E-state index contributed by atoms with van der Waals surface area (Å²) in [7, 11) is 2.00. The van der Waals surface area contributed by atoms with Gasteiger partial charge in [-0.1, -0.05) is 18.2 Å². The van der Waals surface area contributed by atoms with Gasteiger partial charge in [-0.3, -0.25) is 0 Å². The van der Waals surface area contributed by atoms with Crippen LogP contribution in [0.15, 0.2) is 18.2 Å². The Morgan fingerprint density at radius 3 is 2.89 bits per heavy atom. The third-order valence-electron chi connectivity index (χ3n) is 4.01. The summed E-state index contributed by atoms with van der Waals surface area (Å²) in [5.74, 6) is 0. The summed E-state index contributed by atoms with van der Waals surface area (Å²) in [6, 6.07) is 7.10. The lowest BCUT2D eigenvalue weighted by atomic mass is 9.97. The summed E-state index contributed by atoms with van der Waals surface area (Å²) < 4.78 is 11.3. The van der Waals surface area contributed by atoms with E-state index in [9.17, 15) is 0 Å². The molecule has 1 aliphatic heterocycles. The van der Waals surface area contributed by atoms with Crippen LogP contribution in [0.4, 0.5) is 0 Å². The smallest absolute Gasteiger partial charge is 0.100 e. The highest BCUT2D eigenvalue weighted by atomic mass is 16.6. The van der Waals surface area contributed by atoms with Crippen molar-refractivity contribution in [2.24, 2.45) is 0 Å².